The number of allylic oxidation sites excluding steroid dienone is 11. The molecule has 3 rings (SSSR count). The molecule has 1 aliphatic heterocycles. The van der Waals surface area contributed by atoms with Crippen LogP contribution in [-0.4, -0.2) is 38.3 Å². The van der Waals surface area contributed by atoms with Crippen molar-refractivity contribution in [2.75, 3.05) is 13.7 Å². The summed E-state index contributed by atoms with van der Waals surface area (Å²) in [4.78, 5) is 14.7. The molecule has 2 radical (unpaired) electrons. The van der Waals surface area contributed by atoms with Crippen LogP contribution >= 0.6 is 0 Å². The standard InChI is InChI=1S/C31H31NO5S/c1-5-14-25(15-6-2)31-32(26-18-9-10-20-27(37-7-3)21-13-19-26)30(33)29(38(31,34)35)23-12-17-24-16-8-11-22-28(24)36-4/h5-6,8-23,31H,1-2,7H2,3-4H3/b10-9?,17-12+,19-13+,25-14+,26-18+,27-21+,29-23-. The van der Waals surface area contributed by atoms with Gasteiger partial charge in [0.15, 0.2) is 5.37 Å². The molecular formula is C31H31NO5S. The highest BCUT2D eigenvalue weighted by Crippen LogP contribution is 2.37. The Hall–Kier alpha value is -4.10. The van der Waals surface area contributed by atoms with Crippen LogP contribution in [0.4, 0.5) is 0 Å². The largest absolute Gasteiger partial charge is 0.498 e. The maximum Gasteiger partial charge on any atom is 0.271 e. The summed E-state index contributed by atoms with van der Waals surface area (Å²) in [7, 11) is -2.57. The quantitative estimate of drug-likeness (QED) is 0.282. The van der Waals surface area contributed by atoms with Crippen molar-refractivity contribution in [1.82, 2.24) is 4.90 Å². The van der Waals surface area contributed by atoms with Crippen LogP contribution in [0.1, 0.15) is 12.5 Å². The molecule has 0 aromatic heterocycles. The predicted molar refractivity (Wildman–Crippen MR) is 153 cm³/mol. The van der Waals surface area contributed by atoms with Crippen LogP contribution in [-0.2, 0) is 19.4 Å². The van der Waals surface area contributed by atoms with Crippen LogP contribution < -0.4 is 4.74 Å². The first-order valence-corrected chi connectivity index (χ1v) is 13.5. The van der Waals surface area contributed by atoms with E-state index in [0.29, 0.717) is 29.4 Å². The predicted octanol–water partition coefficient (Wildman–Crippen LogP) is 5.81. The SMILES string of the molecule is C=C[CH]/C(=C\C=C)C1N(C2=C\C=C[CH]\C(OCC)=C/C=C/2)C(=O)/C(=C/C=C/c2ccccc2OC)S1(=O)=O. The van der Waals surface area contributed by atoms with E-state index < -0.39 is 21.1 Å². The van der Waals surface area contributed by atoms with E-state index in [0.717, 1.165) is 5.56 Å². The Morgan fingerprint density at radius 2 is 1.89 bits per heavy atom. The van der Waals surface area contributed by atoms with Crippen molar-refractivity contribution < 1.29 is 22.7 Å². The lowest BCUT2D eigenvalue weighted by Gasteiger charge is -2.25. The molecule has 1 heterocycles. The molecule has 2 aliphatic rings. The maximum absolute atomic E-state index is 13.8. The highest BCUT2D eigenvalue weighted by Gasteiger charge is 2.50. The van der Waals surface area contributed by atoms with E-state index in [1.54, 1.807) is 74.6 Å². The van der Waals surface area contributed by atoms with Gasteiger partial charge in [-0.25, -0.2) is 8.42 Å². The first-order valence-electron chi connectivity index (χ1n) is 12.0. The summed E-state index contributed by atoms with van der Waals surface area (Å²) in [5, 5.41) is -1.30. The second-order valence-corrected chi connectivity index (χ2v) is 9.99. The van der Waals surface area contributed by atoms with Gasteiger partial charge >= 0.3 is 0 Å². The van der Waals surface area contributed by atoms with Crippen LogP contribution in [0.3, 0.4) is 0 Å². The lowest BCUT2D eigenvalue weighted by Crippen LogP contribution is -2.36. The highest BCUT2D eigenvalue weighted by atomic mass is 32.2. The number of hydrogen-bond donors (Lipinski definition) is 0. The lowest BCUT2D eigenvalue weighted by molar-refractivity contribution is -0.123. The van der Waals surface area contributed by atoms with Gasteiger partial charge in [0.25, 0.3) is 5.91 Å². The number of rotatable bonds is 10. The molecule has 1 aromatic carbocycles. The van der Waals surface area contributed by atoms with Crippen molar-refractivity contribution >= 4 is 21.8 Å². The molecule has 1 amide bonds. The van der Waals surface area contributed by atoms with Gasteiger partial charge in [-0.2, -0.15) is 0 Å². The van der Waals surface area contributed by atoms with Crippen LogP contribution in [0, 0.1) is 12.8 Å². The number of nitrogens with zero attached hydrogens (tertiary/aromatic N) is 1. The average Bonchev–Trinajstić information content (AvgIpc) is 3.16. The van der Waals surface area contributed by atoms with Gasteiger partial charge in [-0.15, -0.1) is 6.58 Å². The summed E-state index contributed by atoms with van der Waals surface area (Å²) < 4.78 is 38.6. The molecule has 38 heavy (non-hydrogen) atoms. The van der Waals surface area contributed by atoms with E-state index in [4.69, 9.17) is 9.47 Å². The Kier molecular flexibility index (Phi) is 10.1. The smallest absolute Gasteiger partial charge is 0.271 e. The van der Waals surface area contributed by atoms with E-state index in [1.807, 2.05) is 25.1 Å². The Bertz CT molecular complexity index is 1390. The molecular weight excluding hydrogens is 498 g/mol. The summed E-state index contributed by atoms with van der Waals surface area (Å²) >= 11 is 0. The zero-order valence-corrected chi connectivity index (χ0v) is 22.3. The number of methoxy groups -OCH3 is 1. The summed E-state index contributed by atoms with van der Waals surface area (Å²) in [5.41, 5.74) is 1.50. The van der Waals surface area contributed by atoms with Gasteiger partial charge in [-0.05, 0) is 42.9 Å². The van der Waals surface area contributed by atoms with E-state index in [-0.39, 0.29) is 4.91 Å². The number of benzene rings is 1. The Morgan fingerprint density at radius 3 is 2.61 bits per heavy atom. The molecule has 1 aromatic rings. The van der Waals surface area contributed by atoms with Gasteiger partial charge in [0.05, 0.1) is 13.7 Å². The van der Waals surface area contributed by atoms with Crippen molar-refractivity contribution in [3.8, 4) is 5.75 Å². The van der Waals surface area contributed by atoms with Crippen molar-refractivity contribution in [2.45, 2.75) is 12.3 Å². The van der Waals surface area contributed by atoms with Crippen LogP contribution in [0.25, 0.3) is 6.08 Å². The third-order valence-corrected chi connectivity index (χ3v) is 7.58. The summed E-state index contributed by atoms with van der Waals surface area (Å²) in [5.74, 6) is 0.623. The number of hydrogen-bond acceptors (Lipinski definition) is 5. The molecule has 0 spiro atoms. The van der Waals surface area contributed by atoms with E-state index >= 15 is 0 Å². The van der Waals surface area contributed by atoms with Gasteiger partial charge in [0.2, 0.25) is 9.84 Å². The molecule has 0 bridgehead atoms. The second-order valence-electron chi connectivity index (χ2n) is 8.01. The lowest BCUT2D eigenvalue weighted by atomic mass is 10.1. The normalized spacial score (nSPS) is 24.1. The number of ether oxygens (including phenoxy) is 2. The number of sulfone groups is 1. The third kappa shape index (κ3) is 6.42. The van der Waals surface area contributed by atoms with Crippen molar-refractivity contribution in [3.63, 3.8) is 0 Å². The van der Waals surface area contributed by atoms with E-state index in [9.17, 15) is 13.2 Å². The van der Waals surface area contributed by atoms with Crippen molar-refractivity contribution in [2.24, 2.45) is 0 Å². The third-order valence-electron chi connectivity index (χ3n) is 5.59. The van der Waals surface area contributed by atoms with Gasteiger partial charge in [0.1, 0.15) is 16.4 Å². The molecule has 1 fully saturated rings. The minimum Gasteiger partial charge on any atom is -0.498 e. The summed E-state index contributed by atoms with van der Waals surface area (Å²) in [6, 6.07) is 7.31. The van der Waals surface area contributed by atoms with Crippen molar-refractivity contribution in [3.05, 3.63) is 145 Å². The highest BCUT2D eigenvalue weighted by molar-refractivity contribution is 7.97. The number of carbonyl (C=O) groups excluding carboxylic acids is 1. The fraction of sp³-hybridized carbons (Fsp3) is 0.129. The Morgan fingerprint density at radius 1 is 1.11 bits per heavy atom. The summed E-state index contributed by atoms with van der Waals surface area (Å²) in [6.07, 6.45) is 22.8. The zero-order chi connectivity index (χ0) is 27.5. The van der Waals surface area contributed by atoms with Crippen LogP contribution in [0.15, 0.2) is 126 Å². The maximum atomic E-state index is 13.8. The fourth-order valence-electron chi connectivity index (χ4n) is 3.97. The molecule has 1 unspecified atom stereocenters. The van der Waals surface area contributed by atoms with Gasteiger partial charge in [0, 0.05) is 24.1 Å². The molecule has 0 N–H and O–H groups in total. The van der Waals surface area contributed by atoms with Gasteiger partial charge in [-0.3, -0.25) is 9.69 Å². The monoisotopic (exact) mass is 529 g/mol. The summed E-state index contributed by atoms with van der Waals surface area (Å²) in [6.45, 7) is 9.81. The number of amides is 1. The van der Waals surface area contributed by atoms with E-state index in [2.05, 4.69) is 13.2 Å². The Balaban J connectivity index is 2.13. The topological polar surface area (TPSA) is 72.9 Å². The molecule has 0 saturated carbocycles. The fourth-order valence-corrected chi connectivity index (χ4v) is 5.83. The number of carbonyl (C=O) groups is 1. The van der Waals surface area contributed by atoms with Crippen molar-refractivity contribution in [1.29, 1.82) is 0 Å². The molecule has 6 nitrogen and oxygen atoms in total. The molecule has 1 atom stereocenters. The Labute approximate surface area is 225 Å². The van der Waals surface area contributed by atoms with Gasteiger partial charge < -0.3 is 9.47 Å². The number of para-hydroxylation sites is 1. The van der Waals surface area contributed by atoms with Crippen LogP contribution in [0.2, 0.25) is 0 Å². The molecule has 196 valence electrons. The molecule has 1 saturated heterocycles. The minimum atomic E-state index is -4.13. The first kappa shape index (κ1) is 28.5. The van der Waals surface area contributed by atoms with Gasteiger partial charge in [-0.1, -0.05) is 73.4 Å². The molecule has 1 aliphatic carbocycles. The minimum absolute atomic E-state index is 0.323. The first-order chi connectivity index (χ1) is 18.4. The average molecular weight is 530 g/mol. The second kappa shape index (κ2) is 13.4. The zero-order valence-electron chi connectivity index (χ0n) is 21.5. The van der Waals surface area contributed by atoms with Crippen LogP contribution in [0.5, 0.6) is 5.75 Å². The van der Waals surface area contributed by atoms with E-state index in [1.165, 1.54) is 29.2 Å². The molecule has 7 heteroatoms.